The molecule has 2 N–H and O–H groups in total. The van der Waals surface area contributed by atoms with E-state index in [9.17, 15) is 4.79 Å². The van der Waals surface area contributed by atoms with Crippen LogP contribution in [0.4, 0.5) is 0 Å². The van der Waals surface area contributed by atoms with Crippen molar-refractivity contribution in [2.24, 2.45) is 0 Å². The second-order valence-corrected chi connectivity index (χ2v) is 4.14. The SMILES string of the molecule is O=C(NCc1cnc[nH]1)c1cccc2cccnc12. The topological polar surface area (TPSA) is 70.7 Å². The maximum atomic E-state index is 12.2. The highest BCUT2D eigenvalue weighted by molar-refractivity contribution is 6.05. The number of hydrogen-bond acceptors (Lipinski definition) is 3. The molecular formula is C14H12N4O. The number of hydrogen-bond donors (Lipinski definition) is 2. The molecule has 0 fully saturated rings. The van der Waals surface area contributed by atoms with Crippen LogP contribution in [-0.2, 0) is 6.54 Å². The number of carbonyl (C=O) groups excluding carboxylic acids is 1. The molecule has 3 rings (SSSR count). The van der Waals surface area contributed by atoms with Gasteiger partial charge in [0.25, 0.3) is 5.91 Å². The summed E-state index contributed by atoms with van der Waals surface area (Å²) >= 11 is 0. The average Bonchev–Trinajstić information content (AvgIpc) is 2.97. The summed E-state index contributed by atoms with van der Waals surface area (Å²) in [4.78, 5) is 23.3. The van der Waals surface area contributed by atoms with Crippen molar-refractivity contribution in [2.45, 2.75) is 6.54 Å². The van der Waals surface area contributed by atoms with E-state index in [-0.39, 0.29) is 5.91 Å². The number of carbonyl (C=O) groups is 1. The zero-order valence-corrected chi connectivity index (χ0v) is 10.1. The minimum Gasteiger partial charge on any atom is -0.347 e. The molecule has 0 saturated carbocycles. The Kier molecular flexibility index (Phi) is 2.94. The molecule has 0 aliphatic carbocycles. The highest BCUT2D eigenvalue weighted by atomic mass is 16.1. The van der Waals surface area contributed by atoms with Crippen molar-refractivity contribution in [1.29, 1.82) is 0 Å². The molecule has 94 valence electrons. The smallest absolute Gasteiger partial charge is 0.253 e. The Balaban J connectivity index is 1.85. The van der Waals surface area contributed by atoms with Crippen molar-refractivity contribution in [3.05, 3.63) is 60.3 Å². The molecule has 0 unspecified atom stereocenters. The second kappa shape index (κ2) is 4.89. The molecule has 0 aliphatic rings. The fourth-order valence-electron chi connectivity index (χ4n) is 1.94. The third-order valence-corrected chi connectivity index (χ3v) is 2.87. The van der Waals surface area contributed by atoms with Crippen LogP contribution in [0.3, 0.4) is 0 Å². The average molecular weight is 252 g/mol. The van der Waals surface area contributed by atoms with Crippen LogP contribution in [0.2, 0.25) is 0 Å². The molecule has 0 radical (unpaired) electrons. The molecule has 5 nitrogen and oxygen atoms in total. The van der Waals surface area contributed by atoms with Crippen LogP contribution < -0.4 is 5.32 Å². The van der Waals surface area contributed by atoms with E-state index < -0.39 is 0 Å². The van der Waals surface area contributed by atoms with E-state index in [1.54, 1.807) is 24.8 Å². The second-order valence-electron chi connectivity index (χ2n) is 4.14. The molecule has 2 heterocycles. The first-order chi connectivity index (χ1) is 9.34. The van der Waals surface area contributed by atoms with Crippen molar-refractivity contribution < 1.29 is 4.79 Å². The number of H-pyrrole nitrogens is 1. The summed E-state index contributed by atoms with van der Waals surface area (Å²) in [5.74, 6) is -0.140. The minimum absolute atomic E-state index is 0.140. The Labute approximate surface area is 109 Å². The van der Waals surface area contributed by atoms with Gasteiger partial charge in [-0.05, 0) is 12.1 Å². The van der Waals surface area contributed by atoms with E-state index in [4.69, 9.17) is 0 Å². The predicted molar refractivity (Wildman–Crippen MR) is 71.5 cm³/mol. The zero-order valence-electron chi connectivity index (χ0n) is 10.1. The summed E-state index contributed by atoms with van der Waals surface area (Å²) < 4.78 is 0. The number of fused-ring (bicyclic) bond motifs is 1. The Hall–Kier alpha value is -2.69. The Morgan fingerprint density at radius 1 is 1.26 bits per heavy atom. The van der Waals surface area contributed by atoms with Crippen LogP contribution in [0, 0.1) is 0 Å². The number of nitrogens with one attached hydrogen (secondary N) is 2. The lowest BCUT2D eigenvalue weighted by molar-refractivity contribution is 0.0952. The lowest BCUT2D eigenvalue weighted by Crippen LogP contribution is -2.23. The van der Waals surface area contributed by atoms with Gasteiger partial charge in [0.2, 0.25) is 0 Å². The van der Waals surface area contributed by atoms with Gasteiger partial charge in [-0.3, -0.25) is 9.78 Å². The van der Waals surface area contributed by atoms with Gasteiger partial charge in [0.1, 0.15) is 0 Å². The summed E-state index contributed by atoms with van der Waals surface area (Å²) in [6, 6.07) is 9.36. The van der Waals surface area contributed by atoms with Gasteiger partial charge in [0, 0.05) is 17.8 Å². The van der Waals surface area contributed by atoms with Crippen LogP contribution in [0.15, 0.2) is 49.1 Å². The fraction of sp³-hybridized carbons (Fsp3) is 0.0714. The van der Waals surface area contributed by atoms with Crippen LogP contribution in [0.25, 0.3) is 10.9 Å². The maximum Gasteiger partial charge on any atom is 0.253 e. The molecule has 0 atom stereocenters. The zero-order chi connectivity index (χ0) is 13.1. The first-order valence-electron chi connectivity index (χ1n) is 5.94. The summed E-state index contributed by atoms with van der Waals surface area (Å²) in [6.07, 6.45) is 4.95. The summed E-state index contributed by atoms with van der Waals surface area (Å²) in [7, 11) is 0. The van der Waals surface area contributed by atoms with Crippen LogP contribution >= 0.6 is 0 Å². The van der Waals surface area contributed by atoms with Gasteiger partial charge in [-0.2, -0.15) is 0 Å². The number of aromatic amines is 1. The Morgan fingerprint density at radius 2 is 2.16 bits per heavy atom. The standard InChI is InChI=1S/C14H12N4O/c19-14(17-8-11-7-15-9-18-11)12-5-1-3-10-4-2-6-16-13(10)12/h1-7,9H,8H2,(H,15,18)(H,17,19). The van der Waals surface area contributed by atoms with Crippen LogP contribution in [0.1, 0.15) is 16.1 Å². The number of rotatable bonds is 3. The van der Waals surface area contributed by atoms with E-state index in [1.807, 2.05) is 24.3 Å². The maximum absolute atomic E-state index is 12.2. The monoisotopic (exact) mass is 252 g/mol. The van der Waals surface area contributed by atoms with E-state index in [1.165, 1.54) is 0 Å². The number of aromatic nitrogens is 3. The summed E-state index contributed by atoms with van der Waals surface area (Å²) in [5, 5.41) is 3.80. The third kappa shape index (κ3) is 2.30. The van der Waals surface area contributed by atoms with Gasteiger partial charge in [0.05, 0.1) is 29.6 Å². The van der Waals surface area contributed by atoms with Crippen molar-refractivity contribution in [1.82, 2.24) is 20.3 Å². The van der Waals surface area contributed by atoms with E-state index in [0.29, 0.717) is 17.6 Å². The first kappa shape index (κ1) is 11.4. The van der Waals surface area contributed by atoms with Gasteiger partial charge in [-0.1, -0.05) is 18.2 Å². The number of imidazole rings is 1. The van der Waals surface area contributed by atoms with E-state index >= 15 is 0 Å². The van der Waals surface area contributed by atoms with Gasteiger partial charge < -0.3 is 10.3 Å². The Morgan fingerprint density at radius 3 is 3.00 bits per heavy atom. The number of nitrogens with zero attached hydrogens (tertiary/aromatic N) is 2. The molecule has 5 heteroatoms. The quantitative estimate of drug-likeness (QED) is 0.747. The van der Waals surface area contributed by atoms with E-state index in [2.05, 4.69) is 20.3 Å². The van der Waals surface area contributed by atoms with Gasteiger partial charge >= 0.3 is 0 Å². The minimum atomic E-state index is -0.140. The number of pyridine rings is 1. The molecule has 0 spiro atoms. The molecule has 2 aromatic heterocycles. The van der Waals surface area contributed by atoms with Crippen LogP contribution in [-0.4, -0.2) is 20.9 Å². The third-order valence-electron chi connectivity index (χ3n) is 2.87. The number of benzene rings is 1. The molecule has 0 bridgehead atoms. The van der Waals surface area contributed by atoms with Gasteiger partial charge in [-0.25, -0.2) is 4.98 Å². The number of para-hydroxylation sites is 1. The van der Waals surface area contributed by atoms with Gasteiger partial charge in [0.15, 0.2) is 0 Å². The fourth-order valence-corrected chi connectivity index (χ4v) is 1.94. The highest BCUT2D eigenvalue weighted by Crippen LogP contribution is 2.15. The lowest BCUT2D eigenvalue weighted by atomic mass is 10.1. The summed E-state index contributed by atoms with van der Waals surface area (Å²) in [6.45, 7) is 0.419. The molecule has 0 aliphatic heterocycles. The van der Waals surface area contributed by atoms with Crippen molar-refractivity contribution in [2.75, 3.05) is 0 Å². The lowest BCUT2D eigenvalue weighted by Gasteiger charge is -2.06. The highest BCUT2D eigenvalue weighted by Gasteiger charge is 2.10. The molecule has 3 aromatic rings. The van der Waals surface area contributed by atoms with Gasteiger partial charge in [-0.15, -0.1) is 0 Å². The largest absolute Gasteiger partial charge is 0.347 e. The Bertz CT molecular complexity index is 701. The van der Waals surface area contributed by atoms with E-state index in [0.717, 1.165) is 11.1 Å². The molecule has 0 saturated heterocycles. The van der Waals surface area contributed by atoms with Crippen LogP contribution in [0.5, 0.6) is 0 Å². The molecule has 19 heavy (non-hydrogen) atoms. The summed E-state index contributed by atoms with van der Waals surface area (Å²) in [5.41, 5.74) is 2.16. The number of amides is 1. The van der Waals surface area contributed by atoms with Crippen molar-refractivity contribution in [3.8, 4) is 0 Å². The van der Waals surface area contributed by atoms with Crippen molar-refractivity contribution in [3.63, 3.8) is 0 Å². The van der Waals surface area contributed by atoms with Crippen molar-refractivity contribution >= 4 is 16.8 Å². The predicted octanol–water partition coefficient (Wildman–Crippen LogP) is 1.89. The molecule has 1 amide bonds. The normalized spacial score (nSPS) is 10.5. The molecular weight excluding hydrogens is 240 g/mol. The molecule has 1 aromatic carbocycles. The first-order valence-corrected chi connectivity index (χ1v) is 5.94.